The second kappa shape index (κ2) is 2.19. The lowest BCUT2D eigenvalue weighted by atomic mass is 14.0. The fourth-order valence-corrected chi connectivity index (χ4v) is 1.13. The summed E-state index contributed by atoms with van der Waals surface area (Å²) in [5.74, 6) is 0. The SMILES string of the molecule is N=S(=O)(O)OS(=N)(=O)O. The molecule has 0 amide bonds. The number of hydrogen-bond donors (Lipinski definition) is 4. The molecule has 0 aliphatic carbocycles. The summed E-state index contributed by atoms with van der Waals surface area (Å²) in [6.45, 7) is 0. The van der Waals surface area contributed by atoms with Crippen LogP contribution in [0.25, 0.3) is 0 Å². The molecule has 0 saturated heterocycles. The Balaban J connectivity index is 4.46. The summed E-state index contributed by atoms with van der Waals surface area (Å²) >= 11 is 0. The minimum Gasteiger partial charge on any atom is -0.279 e. The molecular weight excluding hydrogens is 172 g/mol. The predicted octanol–water partition coefficient (Wildman–Crippen LogP) is -0.127. The first-order valence-corrected chi connectivity index (χ1v) is 4.32. The van der Waals surface area contributed by atoms with Gasteiger partial charge in [-0.25, -0.2) is 9.56 Å². The predicted molar refractivity (Wildman–Crippen MR) is 28.1 cm³/mol. The van der Waals surface area contributed by atoms with Crippen molar-refractivity contribution in [3.05, 3.63) is 0 Å². The van der Waals surface area contributed by atoms with Gasteiger partial charge in [0.05, 0.1) is 0 Å². The van der Waals surface area contributed by atoms with Gasteiger partial charge in [0.15, 0.2) is 0 Å². The van der Waals surface area contributed by atoms with E-state index < -0.39 is 20.6 Å². The van der Waals surface area contributed by atoms with Gasteiger partial charge in [0.1, 0.15) is 0 Å². The van der Waals surface area contributed by atoms with Gasteiger partial charge in [-0.05, 0) is 0 Å². The zero-order valence-electron chi connectivity index (χ0n) is 3.94. The molecule has 0 saturated carbocycles. The molecule has 0 spiro atoms. The maximum absolute atomic E-state index is 9.74. The second-order valence-electron chi connectivity index (χ2n) is 1.02. The van der Waals surface area contributed by atoms with Crippen LogP contribution in [0.5, 0.6) is 0 Å². The van der Waals surface area contributed by atoms with Crippen LogP contribution in [-0.2, 0) is 24.2 Å². The molecule has 0 atom stereocenters. The van der Waals surface area contributed by atoms with E-state index in [2.05, 4.69) is 3.63 Å². The highest BCUT2D eigenvalue weighted by Crippen LogP contribution is 1.94. The molecule has 0 radical (unpaired) electrons. The highest BCUT2D eigenvalue weighted by molar-refractivity contribution is 7.95. The van der Waals surface area contributed by atoms with E-state index in [-0.39, 0.29) is 0 Å². The van der Waals surface area contributed by atoms with Crippen molar-refractivity contribution >= 4 is 20.6 Å². The molecular formula is H4N2O5S2. The van der Waals surface area contributed by atoms with Gasteiger partial charge in [-0.1, -0.05) is 0 Å². The van der Waals surface area contributed by atoms with E-state index in [0.717, 1.165) is 0 Å². The summed E-state index contributed by atoms with van der Waals surface area (Å²) in [6, 6.07) is 0. The molecule has 9 heteroatoms. The normalized spacial score (nSPS) is 24.2. The number of nitrogens with one attached hydrogen (secondary N) is 2. The first-order chi connectivity index (χ1) is 3.71. The van der Waals surface area contributed by atoms with Crippen LogP contribution in [0.4, 0.5) is 0 Å². The third-order valence-electron chi connectivity index (χ3n) is 0.184. The van der Waals surface area contributed by atoms with Crippen LogP contribution in [0.2, 0.25) is 0 Å². The summed E-state index contributed by atoms with van der Waals surface area (Å²) in [4.78, 5) is 0. The number of rotatable bonds is 2. The smallest absolute Gasteiger partial charge is 0.279 e. The molecule has 56 valence electrons. The summed E-state index contributed by atoms with van der Waals surface area (Å²) in [5.41, 5.74) is 0. The quantitative estimate of drug-likeness (QED) is 0.465. The Bertz CT molecular complexity index is 238. The Morgan fingerprint density at radius 2 is 1.33 bits per heavy atom. The lowest BCUT2D eigenvalue weighted by Gasteiger charge is -1.96. The van der Waals surface area contributed by atoms with Crippen molar-refractivity contribution in [2.45, 2.75) is 0 Å². The fourth-order valence-electron chi connectivity index (χ4n) is 0.125. The Kier molecular flexibility index (Phi) is 2.14. The highest BCUT2D eigenvalue weighted by Gasteiger charge is 2.08. The molecule has 0 bridgehead atoms. The Morgan fingerprint density at radius 1 is 1.11 bits per heavy atom. The average Bonchev–Trinajstić information content (AvgIpc) is 1.14. The van der Waals surface area contributed by atoms with Gasteiger partial charge in [0.2, 0.25) is 0 Å². The van der Waals surface area contributed by atoms with Crippen LogP contribution in [0.15, 0.2) is 0 Å². The van der Waals surface area contributed by atoms with E-state index in [4.69, 9.17) is 18.7 Å². The van der Waals surface area contributed by atoms with E-state index in [9.17, 15) is 8.42 Å². The molecule has 0 aliphatic heterocycles. The molecule has 7 nitrogen and oxygen atoms in total. The highest BCUT2D eigenvalue weighted by atomic mass is 32.3. The van der Waals surface area contributed by atoms with Gasteiger partial charge in [-0.3, -0.25) is 9.11 Å². The topological polar surface area (TPSA) is 132 Å². The minimum atomic E-state index is -4.49. The summed E-state index contributed by atoms with van der Waals surface area (Å²) < 4.78 is 50.3. The summed E-state index contributed by atoms with van der Waals surface area (Å²) in [6.07, 6.45) is 0. The van der Waals surface area contributed by atoms with Crippen LogP contribution in [-0.4, -0.2) is 17.5 Å². The van der Waals surface area contributed by atoms with E-state index in [0.29, 0.717) is 0 Å². The van der Waals surface area contributed by atoms with Crippen molar-refractivity contribution < 1.29 is 21.2 Å². The van der Waals surface area contributed by atoms with Gasteiger partial charge >= 0.3 is 20.6 Å². The molecule has 9 heavy (non-hydrogen) atoms. The lowest BCUT2D eigenvalue weighted by Crippen LogP contribution is -2.07. The maximum atomic E-state index is 9.74. The molecule has 0 aromatic carbocycles. The molecule has 0 aromatic rings. The molecule has 0 unspecified atom stereocenters. The molecule has 0 heterocycles. The van der Waals surface area contributed by atoms with Gasteiger partial charge < -0.3 is 0 Å². The Hall–Kier alpha value is -0.220. The Labute approximate surface area is 52.0 Å². The standard InChI is InChI=1S/H4N2O5S2/c1-8(3,4)7-9(2,5)6/h(H2,1,3,4)(H2,2,5,6). The van der Waals surface area contributed by atoms with Crippen LogP contribution in [0, 0.1) is 9.56 Å². The molecule has 4 N–H and O–H groups in total. The molecule has 0 rings (SSSR count). The van der Waals surface area contributed by atoms with Crippen molar-refractivity contribution in [1.29, 1.82) is 9.56 Å². The third kappa shape index (κ3) is 7.78. The molecule has 0 fully saturated rings. The summed E-state index contributed by atoms with van der Waals surface area (Å²) in [5, 5.41) is 0. The first kappa shape index (κ1) is 8.78. The average molecular weight is 176 g/mol. The first-order valence-electron chi connectivity index (χ1n) is 1.44. The van der Waals surface area contributed by atoms with Crippen molar-refractivity contribution in [1.82, 2.24) is 0 Å². The van der Waals surface area contributed by atoms with E-state index in [1.54, 1.807) is 0 Å². The van der Waals surface area contributed by atoms with E-state index in [1.807, 2.05) is 0 Å². The van der Waals surface area contributed by atoms with Crippen molar-refractivity contribution in [2.75, 3.05) is 0 Å². The minimum absolute atomic E-state index is 3.12. The molecule has 0 aromatic heterocycles. The maximum Gasteiger partial charge on any atom is 0.302 e. The monoisotopic (exact) mass is 176 g/mol. The van der Waals surface area contributed by atoms with Crippen molar-refractivity contribution in [3.8, 4) is 0 Å². The van der Waals surface area contributed by atoms with Gasteiger partial charge in [-0.2, -0.15) is 8.42 Å². The van der Waals surface area contributed by atoms with Gasteiger partial charge in [-0.15, -0.1) is 3.63 Å². The third-order valence-corrected chi connectivity index (χ3v) is 1.66. The van der Waals surface area contributed by atoms with Crippen LogP contribution < -0.4 is 0 Å². The lowest BCUT2D eigenvalue weighted by molar-refractivity contribution is 0.403. The van der Waals surface area contributed by atoms with Crippen LogP contribution in [0.3, 0.4) is 0 Å². The Morgan fingerprint density at radius 3 is 1.33 bits per heavy atom. The second-order valence-corrected chi connectivity index (χ2v) is 3.46. The van der Waals surface area contributed by atoms with Gasteiger partial charge in [0, 0.05) is 0 Å². The van der Waals surface area contributed by atoms with Gasteiger partial charge in [0.25, 0.3) is 0 Å². The van der Waals surface area contributed by atoms with E-state index in [1.165, 1.54) is 0 Å². The van der Waals surface area contributed by atoms with Crippen LogP contribution in [0.1, 0.15) is 0 Å². The fraction of sp³-hybridized carbons (Fsp3) is 0. The number of hydrogen-bond acceptors (Lipinski definition) is 5. The summed E-state index contributed by atoms with van der Waals surface area (Å²) in [7, 11) is -8.99. The van der Waals surface area contributed by atoms with E-state index >= 15 is 0 Å². The van der Waals surface area contributed by atoms with Crippen molar-refractivity contribution in [2.24, 2.45) is 0 Å². The molecule has 0 aliphatic rings. The zero-order chi connectivity index (χ0) is 7.71. The largest absolute Gasteiger partial charge is 0.302 e. The zero-order valence-corrected chi connectivity index (χ0v) is 5.57. The van der Waals surface area contributed by atoms with Crippen LogP contribution >= 0.6 is 0 Å². The van der Waals surface area contributed by atoms with Crippen molar-refractivity contribution in [3.63, 3.8) is 0 Å².